The first kappa shape index (κ1) is 41.0. The summed E-state index contributed by atoms with van der Waals surface area (Å²) < 4.78 is 10.7. The molecule has 0 saturated heterocycles. The maximum Gasteiger partial charge on any atom is 0.328 e. The number of carbonyl (C=O) groups excluding carboxylic acids is 4. The van der Waals surface area contributed by atoms with Crippen LogP contribution in [-0.2, 0) is 9.59 Å². The second-order valence-corrected chi connectivity index (χ2v) is 15.5. The lowest BCUT2D eigenvalue weighted by atomic mass is 9.87. The Hall–Kier alpha value is -4.21. The molecular weight excluding hydrogens is 688 g/mol. The molecule has 0 spiro atoms. The summed E-state index contributed by atoms with van der Waals surface area (Å²) in [6.07, 6.45) is 3.35. The van der Waals surface area contributed by atoms with Gasteiger partial charge in [-0.15, -0.1) is 35.1 Å². The van der Waals surface area contributed by atoms with Crippen LogP contribution in [0.25, 0.3) is 0 Å². The number of halogens is 1. The predicted octanol–water partition coefficient (Wildman–Crippen LogP) is 6.39. The molecule has 0 aliphatic carbocycles. The number of hydrogen-bond donors (Lipinski definition) is 4. The van der Waals surface area contributed by atoms with E-state index in [-0.39, 0.29) is 35.0 Å². The number of anilines is 2. The summed E-state index contributed by atoms with van der Waals surface area (Å²) in [6.45, 7) is 14.9. The van der Waals surface area contributed by atoms with Crippen molar-refractivity contribution in [2.24, 2.45) is 22.3 Å². The highest BCUT2D eigenvalue weighted by Gasteiger charge is 2.31. The van der Waals surface area contributed by atoms with Crippen molar-refractivity contribution in [2.75, 3.05) is 10.6 Å². The summed E-state index contributed by atoms with van der Waals surface area (Å²) in [5.41, 5.74) is 11.4. The first-order chi connectivity index (χ1) is 22.4. The summed E-state index contributed by atoms with van der Waals surface area (Å²) in [6, 6.07) is 11.5. The van der Waals surface area contributed by atoms with Crippen LogP contribution in [0.4, 0.5) is 10.3 Å². The smallest absolute Gasteiger partial charge is 0.328 e. The number of ether oxygens (including phenoxy) is 2. The van der Waals surface area contributed by atoms with Crippen LogP contribution in [0.15, 0.2) is 60.9 Å². The second kappa shape index (κ2) is 17.4. The molecular formula is C34H43ClN6O6S2. The zero-order chi connectivity index (χ0) is 35.8. The number of thiazole rings is 2. The van der Waals surface area contributed by atoms with E-state index < -0.39 is 46.7 Å². The Morgan fingerprint density at radius 2 is 0.980 bits per heavy atom. The topological polar surface area (TPSA) is 189 Å². The molecule has 15 heteroatoms. The summed E-state index contributed by atoms with van der Waals surface area (Å²) in [5.74, 6) is -1.59. The van der Waals surface area contributed by atoms with Crippen LogP contribution in [0.5, 0.6) is 11.5 Å². The number of benzene rings is 2. The molecule has 6 N–H and O–H groups in total. The summed E-state index contributed by atoms with van der Waals surface area (Å²) in [5, 5.41) is 6.38. The van der Waals surface area contributed by atoms with Gasteiger partial charge in [0.15, 0.2) is 10.3 Å². The van der Waals surface area contributed by atoms with Gasteiger partial charge in [0.1, 0.15) is 23.6 Å². The van der Waals surface area contributed by atoms with Gasteiger partial charge in [-0.1, -0.05) is 65.8 Å². The predicted molar refractivity (Wildman–Crippen MR) is 196 cm³/mol. The molecule has 0 radical (unpaired) electrons. The molecule has 2 heterocycles. The molecule has 0 fully saturated rings. The summed E-state index contributed by atoms with van der Waals surface area (Å²) in [4.78, 5) is 59.4. The number of para-hydroxylation sites is 2. The Labute approximate surface area is 300 Å². The third kappa shape index (κ3) is 12.0. The van der Waals surface area contributed by atoms with E-state index in [0.29, 0.717) is 10.3 Å². The number of nitrogens with two attached hydrogens (primary N) is 2. The van der Waals surface area contributed by atoms with Gasteiger partial charge in [-0.2, -0.15) is 0 Å². The molecule has 0 aliphatic heterocycles. The first-order valence-corrected chi connectivity index (χ1v) is 16.6. The number of aryl methyl sites for hydroxylation is 2. The molecule has 264 valence electrons. The third-order valence-corrected chi connectivity index (χ3v) is 8.40. The number of amides is 2. The highest BCUT2D eigenvalue weighted by Crippen LogP contribution is 2.26. The van der Waals surface area contributed by atoms with Crippen molar-refractivity contribution < 1.29 is 28.7 Å². The molecule has 4 aromatic rings. The SMILES string of the molecule is Cc1cnc(NC(=O)c2ccccc2OC(=O)[C@@H](N)C(C)(C)C)s1.Cc1cnc(NC(=O)c2ccccc2OC(=O)[C@@H](N)C(C)(C)C)s1.Cl. The van der Waals surface area contributed by atoms with E-state index in [0.717, 1.165) is 9.75 Å². The zero-order valence-corrected chi connectivity index (χ0v) is 31.1. The lowest BCUT2D eigenvalue weighted by Crippen LogP contribution is -2.44. The Morgan fingerprint density at radius 3 is 1.27 bits per heavy atom. The average Bonchev–Trinajstić information content (AvgIpc) is 3.62. The monoisotopic (exact) mass is 730 g/mol. The average molecular weight is 731 g/mol. The maximum atomic E-state index is 12.4. The molecule has 2 amide bonds. The Bertz CT molecular complexity index is 1630. The van der Waals surface area contributed by atoms with E-state index in [9.17, 15) is 19.2 Å². The standard InChI is InChI=1S/2C17H21N3O3S.ClH/c2*1-10-9-19-16(24-10)20-14(21)11-7-5-6-8-12(11)23-15(22)13(18)17(2,3)4;/h2*5-9,13H,18H2,1-4H3,(H,19,20,21);1H/t2*13-;/m11./s1. The zero-order valence-electron chi connectivity index (χ0n) is 28.7. The molecule has 0 unspecified atom stereocenters. The molecule has 0 saturated carbocycles. The third-order valence-electron chi connectivity index (χ3n) is 6.74. The maximum absolute atomic E-state index is 12.4. The molecule has 2 aromatic heterocycles. The van der Waals surface area contributed by atoms with Gasteiger partial charge in [-0.25, -0.2) is 19.6 Å². The van der Waals surface area contributed by atoms with Gasteiger partial charge in [0.25, 0.3) is 11.8 Å². The van der Waals surface area contributed by atoms with Gasteiger partial charge in [0.05, 0.1) is 11.1 Å². The van der Waals surface area contributed by atoms with Crippen molar-refractivity contribution in [1.82, 2.24) is 9.97 Å². The number of carbonyl (C=O) groups is 4. The van der Waals surface area contributed by atoms with Crippen molar-refractivity contribution in [2.45, 2.75) is 67.5 Å². The minimum atomic E-state index is -0.796. The Morgan fingerprint density at radius 1 is 0.653 bits per heavy atom. The lowest BCUT2D eigenvalue weighted by molar-refractivity contribution is -0.139. The molecule has 0 aliphatic rings. The normalized spacial score (nSPS) is 12.3. The van der Waals surface area contributed by atoms with E-state index in [2.05, 4.69) is 20.6 Å². The minimum Gasteiger partial charge on any atom is -0.425 e. The fourth-order valence-electron chi connectivity index (χ4n) is 3.69. The Balaban J connectivity index is 0.000000333. The van der Waals surface area contributed by atoms with E-state index in [4.69, 9.17) is 20.9 Å². The van der Waals surface area contributed by atoms with Crippen LogP contribution in [0.1, 0.15) is 72.0 Å². The highest BCUT2D eigenvalue weighted by atomic mass is 35.5. The summed E-state index contributed by atoms with van der Waals surface area (Å²) >= 11 is 2.74. The second-order valence-electron chi connectivity index (χ2n) is 13.0. The molecule has 2 atom stereocenters. The van der Waals surface area contributed by atoms with Crippen molar-refractivity contribution in [1.29, 1.82) is 0 Å². The first-order valence-electron chi connectivity index (χ1n) is 15.0. The highest BCUT2D eigenvalue weighted by molar-refractivity contribution is 7.16. The van der Waals surface area contributed by atoms with Crippen molar-refractivity contribution >= 4 is 69.1 Å². The number of aromatic nitrogens is 2. The van der Waals surface area contributed by atoms with Gasteiger partial charge in [0.2, 0.25) is 0 Å². The van der Waals surface area contributed by atoms with E-state index in [1.807, 2.05) is 55.4 Å². The van der Waals surface area contributed by atoms with Gasteiger partial charge < -0.3 is 20.9 Å². The Kier molecular flexibility index (Phi) is 14.6. The summed E-state index contributed by atoms with van der Waals surface area (Å²) in [7, 11) is 0. The van der Waals surface area contributed by atoms with Crippen LogP contribution in [-0.4, -0.2) is 45.8 Å². The largest absolute Gasteiger partial charge is 0.425 e. The number of esters is 2. The number of rotatable bonds is 8. The van der Waals surface area contributed by atoms with Crippen LogP contribution >= 0.6 is 35.1 Å². The van der Waals surface area contributed by atoms with Crippen molar-refractivity contribution in [3.8, 4) is 11.5 Å². The quantitative estimate of drug-likeness (QED) is 0.117. The van der Waals surface area contributed by atoms with Gasteiger partial charge in [-0.3, -0.25) is 20.2 Å². The van der Waals surface area contributed by atoms with E-state index >= 15 is 0 Å². The molecule has 49 heavy (non-hydrogen) atoms. The molecule has 2 aromatic carbocycles. The van der Waals surface area contributed by atoms with E-state index in [1.54, 1.807) is 60.9 Å². The molecule has 4 rings (SSSR count). The molecule has 0 bridgehead atoms. The van der Waals surface area contributed by atoms with Crippen molar-refractivity contribution in [3.05, 3.63) is 81.8 Å². The van der Waals surface area contributed by atoms with Crippen LogP contribution in [0.2, 0.25) is 0 Å². The molecule has 12 nitrogen and oxygen atoms in total. The van der Waals surface area contributed by atoms with Crippen molar-refractivity contribution in [3.63, 3.8) is 0 Å². The van der Waals surface area contributed by atoms with Gasteiger partial charge >= 0.3 is 11.9 Å². The van der Waals surface area contributed by atoms with Crippen LogP contribution < -0.4 is 31.6 Å². The van der Waals surface area contributed by atoms with E-state index in [1.165, 1.54) is 22.7 Å². The fraction of sp³-hybridized carbons (Fsp3) is 0.353. The van der Waals surface area contributed by atoms with Gasteiger partial charge in [-0.05, 0) is 48.9 Å². The van der Waals surface area contributed by atoms with Crippen LogP contribution in [0, 0.1) is 24.7 Å². The number of nitrogens with one attached hydrogen (secondary N) is 2. The van der Waals surface area contributed by atoms with Crippen LogP contribution in [0.3, 0.4) is 0 Å². The fourth-order valence-corrected chi connectivity index (χ4v) is 5.01. The number of hydrogen-bond acceptors (Lipinski definition) is 12. The minimum absolute atomic E-state index is 0. The lowest BCUT2D eigenvalue weighted by Gasteiger charge is -2.25. The van der Waals surface area contributed by atoms with Gasteiger partial charge in [0, 0.05) is 22.1 Å². The number of nitrogens with zero attached hydrogens (tertiary/aromatic N) is 2.